The Balaban J connectivity index is 0.000000481. The zero-order valence-electron chi connectivity index (χ0n) is 18.8. The van der Waals surface area contributed by atoms with Gasteiger partial charge >= 0.3 is 11.9 Å². The van der Waals surface area contributed by atoms with E-state index < -0.39 is 18.6 Å². The monoisotopic (exact) mass is 473 g/mol. The fourth-order valence-electron chi connectivity index (χ4n) is 3.63. The van der Waals surface area contributed by atoms with Crippen molar-refractivity contribution < 1.29 is 33.7 Å². The summed E-state index contributed by atoms with van der Waals surface area (Å²) < 4.78 is 24.5. The van der Waals surface area contributed by atoms with Crippen molar-refractivity contribution in [3.8, 4) is 5.75 Å². The maximum absolute atomic E-state index is 12.5. The van der Waals surface area contributed by atoms with E-state index in [1.807, 2.05) is 48.5 Å². The van der Waals surface area contributed by atoms with Gasteiger partial charge in [-0.3, -0.25) is 0 Å². The second-order valence-electron chi connectivity index (χ2n) is 7.88. The van der Waals surface area contributed by atoms with Crippen LogP contribution in [0.4, 0.5) is 4.39 Å². The molecule has 0 spiro atoms. The summed E-state index contributed by atoms with van der Waals surface area (Å²) in [6.45, 7) is 1.59. The van der Waals surface area contributed by atoms with Crippen LogP contribution in [0.5, 0.6) is 5.75 Å². The number of aliphatic carboxylic acids is 2. The quantitative estimate of drug-likeness (QED) is 0.447. The van der Waals surface area contributed by atoms with Crippen LogP contribution in [0.2, 0.25) is 0 Å². The number of rotatable bonds is 7. The Morgan fingerprint density at radius 1 is 1.15 bits per heavy atom. The zero-order chi connectivity index (χ0) is 24.5. The van der Waals surface area contributed by atoms with Gasteiger partial charge in [0, 0.05) is 13.1 Å². The first-order valence-electron chi connectivity index (χ1n) is 10.9. The molecule has 182 valence electrons. The third-order valence-corrected chi connectivity index (χ3v) is 5.34. The third kappa shape index (κ3) is 7.00. The van der Waals surface area contributed by atoms with E-state index in [1.54, 1.807) is 0 Å². The van der Waals surface area contributed by atoms with Crippen molar-refractivity contribution in [2.75, 3.05) is 33.4 Å². The fraction of sp³-hybridized carbons (Fsp3) is 0.375. The van der Waals surface area contributed by atoms with E-state index in [-0.39, 0.29) is 18.8 Å². The number of likely N-dealkylation sites (tertiary alicyclic amines) is 1. The molecule has 1 unspecified atom stereocenters. The summed E-state index contributed by atoms with van der Waals surface area (Å²) in [5, 5.41) is 14.8. The molecule has 0 aliphatic carbocycles. The third-order valence-electron chi connectivity index (χ3n) is 5.34. The molecule has 0 saturated carbocycles. The highest BCUT2D eigenvalue weighted by Gasteiger charge is 2.26. The van der Waals surface area contributed by atoms with Crippen molar-refractivity contribution in [1.82, 2.24) is 14.9 Å². The minimum absolute atomic E-state index is 0.0502. The normalized spacial score (nSPS) is 15.4. The van der Waals surface area contributed by atoms with Gasteiger partial charge in [-0.2, -0.15) is 0 Å². The molecule has 2 aromatic carbocycles. The van der Waals surface area contributed by atoms with Crippen molar-refractivity contribution in [3.05, 3.63) is 59.9 Å². The van der Waals surface area contributed by atoms with Gasteiger partial charge < -0.3 is 29.6 Å². The first-order chi connectivity index (χ1) is 16.4. The van der Waals surface area contributed by atoms with Crippen molar-refractivity contribution in [3.63, 3.8) is 0 Å². The minimum Gasteiger partial charge on any atom is -0.491 e. The van der Waals surface area contributed by atoms with Gasteiger partial charge in [-0.05, 0) is 49.7 Å². The van der Waals surface area contributed by atoms with Crippen LogP contribution in [-0.4, -0.2) is 76.5 Å². The summed E-state index contributed by atoms with van der Waals surface area (Å²) in [4.78, 5) is 28.7. The van der Waals surface area contributed by atoms with E-state index in [9.17, 15) is 4.39 Å². The average Bonchev–Trinajstić information content (AvgIpc) is 3.27. The second kappa shape index (κ2) is 12.1. The number of H-pyrrole nitrogens is 1. The number of carboxylic acid groups (broad SMARTS) is 2. The molecular weight excluding hydrogens is 445 g/mol. The van der Waals surface area contributed by atoms with Gasteiger partial charge in [0.1, 0.15) is 31.0 Å². The minimum atomic E-state index is -1.82. The van der Waals surface area contributed by atoms with Crippen LogP contribution >= 0.6 is 0 Å². The fourth-order valence-corrected chi connectivity index (χ4v) is 3.63. The van der Waals surface area contributed by atoms with E-state index in [4.69, 9.17) is 34.3 Å². The van der Waals surface area contributed by atoms with Crippen LogP contribution in [0.25, 0.3) is 11.0 Å². The number of imidazole rings is 1. The molecule has 34 heavy (non-hydrogen) atoms. The number of para-hydroxylation sites is 2. The number of aromatic nitrogens is 2. The number of nitrogens with one attached hydrogen (secondary N) is 1. The predicted octanol–water partition coefficient (Wildman–Crippen LogP) is 3.27. The molecule has 1 atom stereocenters. The molecule has 0 bridgehead atoms. The smallest absolute Gasteiger partial charge is 0.414 e. The van der Waals surface area contributed by atoms with Crippen molar-refractivity contribution in [1.29, 1.82) is 0 Å². The molecule has 3 N–H and O–H groups in total. The van der Waals surface area contributed by atoms with Crippen LogP contribution < -0.4 is 4.74 Å². The molecule has 1 aliphatic heterocycles. The summed E-state index contributed by atoms with van der Waals surface area (Å²) in [6, 6.07) is 15.6. The van der Waals surface area contributed by atoms with E-state index in [0.29, 0.717) is 5.75 Å². The number of carboxylic acids is 2. The van der Waals surface area contributed by atoms with E-state index in [0.717, 1.165) is 48.4 Å². The predicted molar refractivity (Wildman–Crippen MR) is 123 cm³/mol. The van der Waals surface area contributed by atoms with Crippen molar-refractivity contribution in [2.24, 2.45) is 0 Å². The van der Waals surface area contributed by atoms with E-state index in [1.165, 1.54) is 0 Å². The number of hydrogen-bond acceptors (Lipinski definition) is 6. The summed E-state index contributed by atoms with van der Waals surface area (Å²) in [5.74, 6) is -2.23. The summed E-state index contributed by atoms with van der Waals surface area (Å²) in [6.07, 6.45) is 1.83. The Bertz CT molecular complexity index is 1050. The average molecular weight is 474 g/mol. The molecule has 2 heterocycles. The lowest BCUT2D eigenvalue weighted by atomic mass is 10.1. The van der Waals surface area contributed by atoms with Gasteiger partial charge in [-0.1, -0.05) is 24.3 Å². The Kier molecular flexibility index (Phi) is 8.94. The van der Waals surface area contributed by atoms with Gasteiger partial charge in [0.15, 0.2) is 0 Å². The number of halogens is 1. The highest BCUT2D eigenvalue weighted by molar-refractivity contribution is 6.27. The standard InChI is InChI=1S/C22H26FN3O2.C2H2O4/c1-26-12-9-17(10-13-26)28-21(16-5-4-6-18(15-16)27-14-11-23)22-24-19-7-2-3-8-20(19)25-22;3-1(4)2(5)6/h2-8,15,17,21H,9-14H2,1H3,(H,24,25);(H,3,4)(H,5,6). The number of aromatic amines is 1. The topological polar surface area (TPSA) is 125 Å². The summed E-state index contributed by atoms with van der Waals surface area (Å²) >= 11 is 0. The summed E-state index contributed by atoms with van der Waals surface area (Å²) in [5.41, 5.74) is 2.85. The molecule has 10 heteroatoms. The van der Waals surface area contributed by atoms with Gasteiger partial charge in [0.25, 0.3) is 0 Å². The number of alkyl halides is 1. The van der Waals surface area contributed by atoms with E-state index in [2.05, 4.69) is 16.9 Å². The number of hydrogen-bond donors (Lipinski definition) is 3. The number of benzene rings is 2. The number of fused-ring (bicyclic) bond motifs is 1. The lowest BCUT2D eigenvalue weighted by Crippen LogP contribution is -2.35. The molecule has 1 aromatic heterocycles. The Hall–Kier alpha value is -3.50. The first-order valence-corrected chi connectivity index (χ1v) is 10.9. The van der Waals surface area contributed by atoms with E-state index >= 15 is 0 Å². The van der Waals surface area contributed by atoms with Gasteiger partial charge in [0.2, 0.25) is 0 Å². The largest absolute Gasteiger partial charge is 0.491 e. The first kappa shape index (κ1) is 25.1. The maximum Gasteiger partial charge on any atom is 0.414 e. The second-order valence-corrected chi connectivity index (χ2v) is 7.88. The van der Waals surface area contributed by atoms with Gasteiger partial charge in [-0.25, -0.2) is 19.0 Å². The lowest BCUT2D eigenvalue weighted by Gasteiger charge is -2.31. The number of carbonyl (C=O) groups is 2. The molecule has 0 radical (unpaired) electrons. The molecule has 1 aliphatic rings. The van der Waals surface area contributed by atoms with Gasteiger partial charge in [0.05, 0.1) is 17.1 Å². The summed E-state index contributed by atoms with van der Waals surface area (Å²) in [7, 11) is 2.14. The molecule has 1 fully saturated rings. The number of piperidine rings is 1. The molecule has 1 saturated heterocycles. The lowest BCUT2D eigenvalue weighted by molar-refractivity contribution is -0.159. The molecule has 3 aromatic rings. The Morgan fingerprint density at radius 2 is 1.85 bits per heavy atom. The maximum atomic E-state index is 12.5. The SMILES string of the molecule is CN1CCC(OC(c2cccc(OCCF)c2)c2nc3ccccc3[nH]2)CC1.O=C(O)C(=O)O. The van der Waals surface area contributed by atoms with Crippen molar-refractivity contribution >= 4 is 23.0 Å². The molecular formula is C24H28FN3O6. The van der Waals surface area contributed by atoms with Crippen LogP contribution in [-0.2, 0) is 14.3 Å². The Labute approximate surface area is 196 Å². The Morgan fingerprint density at radius 3 is 2.50 bits per heavy atom. The highest BCUT2D eigenvalue weighted by atomic mass is 19.1. The zero-order valence-corrected chi connectivity index (χ0v) is 18.8. The van der Waals surface area contributed by atoms with Crippen molar-refractivity contribution in [2.45, 2.75) is 25.0 Å². The molecule has 4 rings (SSSR count). The highest BCUT2D eigenvalue weighted by Crippen LogP contribution is 2.31. The molecule has 0 amide bonds. The van der Waals surface area contributed by atoms with Gasteiger partial charge in [-0.15, -0.1) is 0 Å². The molecule has 9 nitrogen and oxygen atoms in total. The van der Waals surface area contributed by atoms with Crippen LogP contribution in [0.1, 0.15) is 30.3 Å². The van der Waals surface area contributed by atoms with Crippen LogP contribution in [0.3, 0.4) is 0 Å². The number of ether oxygens (including phenoxy) is 2. The number of nitrogens with zero attached hydrogens (tertiary/aromatic N) is 2. The van der Waals surface area contributed by atoms with Crippen LogP contribution in [0.15, 0.2) is 48.5 Å². The van der Waals surface area contributed by atoms with Crippen LogP contribution in [0, 0.1) is 0 Å².